The van der Waals surface area contributed by atoms with Crippen molar-refractivity contribution in [2.24, 2.45) is 0 Å². The SMILES string of the molecule is CCCCCOC(=O)N(C)c1c(Cl)cccc1Cl. The van der Waals surface area contributed by atoms with Gasteiger partial charge in [-0.1, -0.05) is 49.0 Å². The van der Waals surface area contributed by atoms with Crippen molar-refractivity contribution in [3.8, 4) is 0 Å². The topological polar surface area (TPSA) is 29.5 Å². The predicted octanol–water partition coefficient (Wildman–Crippen LogP) is 4.76. The Labute approximate surface area is 118 Å². The first-order valence-corrected chi connectivity index (χ1v) is 6.68. The second-order valence-electron chi connectivity index (χ2n) is 3.95. The van der Waals surface area contributed by atoms with E-state index in [0.29, 0.717) is 22.3 Å². The third-order valence-corrected chi connectivity index (χ3v) is 3.13. The molecule has 3 nitrogen and oxygen atoms in total. The van der Waals surface area contributed by atoms with Gasteiger partial charge in [-0.05, 0) is 18.6 Å². The van der Waals surface area contributed by atoms with Crippen LogP contribution in [-0.4, -0.2) is 19.7 Å². The smallest absolute Gasteiger partial charge is 0.414 e. The molecule has 0 bridgehead atoms. The Morgan fingerprint density at radius 1 is 1.28 bits per heavy atom. The fourth-order valence-electron chi connectivity index (χ4n) is 1.51. The molecule has 1 aromatic carbocycles. The number of carbonyl (C=O) groups is 1. The van der Waals surface area contributed by atoms with Gasteiger partial charge >= 0.3 is 6.09 Å². The maximum Gasteiger partial charge on any atom is 0.414 e. The number of benzene rings is 1. The lowest BCUT2D eigenvalue weighted by molar-refractivity contribution is 0.153. The molecule has 0 saturated carbocycles. The highest BCUT2D eigenvalue weighted by Crippen LogP contribution is 2.32. The van der Waals surface area contributed by atoms with Gasteiger partial charge in [-0.25, -0.2) is 4.79 Å². The number of anilines is 1. The van der Waals surface area contributed by atoms with Crippen molar-refractivity contribution < 1.29 is 9.53 Å². The number of ether oxygens (including phenoxy) is 1. The molecule has 0 saturated heterocycles. The van der Waals surface area contributed by atoms with E-state index in [1.54, 1.807) is 25.2 Å². The summed E-state index contributed by atoms with van der Waals surface area (Å²) in [5.41, 5.74) is 0.473. The molecule has 5 heteroatoms. The molecular weight excluding hydrogens is 273 g/mol. The number of hydrogen-bond acceptors (Lipinski definition) is 2. The number of carbonyl (C=O) groups excluding carboxylic acids is 1. The van der Waals surface area contributed by atoms with E-state index >= 15 is 0 Å². The normalized spacial score (nSPS) is 10.2. The summed E-state index contributed by atoms with van der Waals surface area (Å²) in [5.74, 6) is 0. The van der Waals surface area contributed by atoms with Crippen molar-refractivity contribution in [3.05, 3.63) is 28.2 Å². The zero-order chi connectivity index (χ0) is 13.5. The molecule has 0 aliphatic carbocycles. The molecule has 0 aromatic heterocycles. The fourth-order valence-corrected chi connectivity index (χ4v) is 2.16. The molecule has 0 aliphatic rings. The van der Waals surface area contributed by atoms with Crippen LogP contribution in [0.3, 0.4) is 0 Å². The maximum atomic E-state index is 11.8. The van der Waals surface area contributed by atoms with Gasteiger partial charge in [0.05, 0.1) is 22.3 Å². The first-order chi connectivity index (χ1) is 8.57. The molecule has 1 aromatic rings. The predicted molar refractivity (Wildman–Crippen MR) is 75.7 cm³/mol. The van der Waals surface area contributed by atoms with Gasteiger partial charge in [-0.15, -0.1) is 0 Å². The quantitative estimate of drug-likeness (QED) is 0.732. The monoisotopic (exact) mass is 289 g/mol. The van der Waals surface area contributed by atoms with Gasteiger partial charge in [0.1, 0.15) is 0 Å². The summed E-state index contributed by atoms with van der Waals surface area (Å²) >= 11 is 12.0. The molecule has 0 radical (unpaired) electrons. The number of halogens is 2. The molecule has 18 heavy (non-hydrogen) atoms. The molecule has 0 spiro atoms. The Balaban J connectivity index is 2.63. The molecule has 0 unspecified atom stereocenters. The van der Waals surface area contributed by atoms with Gasteiger partial charge in [0, 0.05) is 7.05 Å². The summed E-state index contributed by atoms with van der Waals surface area (Å²) in [5, 5.41) is 0.853. The molecule has 100 valence electrons. The van der Waals surface area contributed by atoms with Crippen LogP contribution in [0, 0.1) is 0 Å². The van der Waals surface area contributed by atoms with Crippen molar-refractivity contribution in [1.29, 1.82) is 0 Å². The van der Waals surface area contributed by atoms with E-state index in [9.17, 15) is 4.79 Å². The molecule has 0 aliphatic heterocycles. The Morgan fingerprint density at radius 2 is 1.89 bits per heavy atom. The summed E-state index contributed by atoms with van der Waals surface area (Å²) in [6, 6.07) is 5.10. The van der Waals surface area contributed by atoms with Crippen LogP contribution in [0.15, 0.2) is 18.2 Å². The van der Waals surface area contributed by atoms with Gasteiger partial charge < -0.3 is 4.74 Å². The average molecular weight is 290 g/mol. The van der Waals surface area contributed by atoms with Crippen molar-refractivity contribution in [2.45, 2.75) is 26.2 Å². The Kier molecular flexibility index (Phi) is 6.30. The van der Waals surface area contributed by atoms with Gasteiger partial charge in [0.15, 0.2) is 0 Å². The summed E-state index contributed by atoms with van der Waals surface area (Å²) in [6.45, 7) is 2.51. The fraction of sp³-hybridized carbons (Fsp3) is 0.462. The van der Waals surface area contributed by atoms with Crippen molar-refractivity contribution >= 4 is 35.0 Å². The van der Waals surface area contributed by atoms with Crippen LogP contribution in [0.2, 0.25) is 10.0 Å². The molecule has 1 rings (SSSR count). The largest absolute Gasteiger partial charge is 0.449 e. The van der Waals surface area contributed by atoms with E-state index in [4.69, 9.17) is 27.9 Å². The van der Waals surface area contributed by atoms with Crippen LogP contribution in [0.25, 0.3) is 0 Å². The Morgan fingerprint density at radius 3 is 2.44 bits per heavy atom. The van der Waals surface area contributed by atoms with E-state index in [2.05, 4.69) is 6.92 Å². The van der Waals surface area contributed by atoms with E-state index in [0.717, 1.165) is 19.3 Å². The van der Waals surface area contributed by atoms with Crippen LogP contribution in [0.5, 0.6) is 0 Å². The molecule has 0 atom stereocenters. The standard InChI is InChI=1S/C13H17Cl2NO2/c1-3-4-5-9-18-13(17)16(2)12-10(14)7-6-8-11(12)15/h6-8H,3-5,9H2,1-2H3. The van der Waals surface area contributed by atoms with Gasteiger partial charge in [-0.3, -0.25) is 4.90 Å². The van der Waals surface area contributed by atoms with Crippen molar-refractivity contribution in [3.63, 3.8) is 0 Å². The van der Waals surface area contributed by atoms with Gasteiger partial charge in [0.2, 0.25) is 0 Å². The minimum Gasteiger partial charge on any atom is -0.449 e. The van der Waals surface area contributed by atoms with Crippen LogP contribution < -0.4 is 4.90 Å². The van der Waals surface area contributed by atoms with Gasteiger partial charge in [-0.2, -0.15) is 0 Å². The summed E-state index contributed by atoms with van der Waals surface area (Å²) in [7, 11) is 1.59. The molecule has 1 amide bonds. The lowest BCUT2D eigenvalue weighted by Gasteiger charge is -2.19. The van der Waals surface area contributed by atoms with Crippen LogP contribution in [0.1, 0.15) is 26.2 Å². The van der Waals surface area contributed by atoms with Gasteiger partial charge in [0.25, 0.3) is 0 Å². The second-order valence-corrected chi connectivity index (χ2v) is 4.77. The van der Waals surface area contributed by atoms with E-state index in [1.165, 1.54) is 4.90 Å². The van der Waals surface area contributed by atoms with Crippen LogP contribution in [0.4, 0.5) is 10.5 Å². The number of hydrogen-bond donors (Lipinski definition) is 0. The number of rotatable bonds is 5. The number of amides is 1. The first-order valence-electron chi connectivity index (χ1n) is 5.92. The highest BCUT2D eigenvalue weighted by atomic mass is 35.5. The minimum atomic E-state index is -0.443. The minimum absolute atomic E-state index is 0.416. The van der Waals surface area contributed by atoms with Crippen LogP contribution in [-0.2, 0) is 4.74 Å². The molecule has 0 heterocycles. The molecular formula is C13H17Cl2NO2. The number of unbranched alkanes of at least 4 members (excludes halogenated alkanes) is 2. The lowest BCUT2D eigenvalue weighted by Crippen LogP contribution is -2.27. The van der Waals surface area contributed by atoms with E-state index in [1.807, 2.05) is 0 Å². The summed E-state index contributed by atoms with van der Waals surface area (Å²) < 4.78 is 5.14. The Bertz CT molecular complexity index is 390. The number of para-hydroxylation sites is 1. The summed E-state index contributed by atoms with van der Waals surface area (Å²) in [4.78, 5) is 13.1. The van der Waals surface area contributed by atoms with Crippen LogP contribution >= 0.6 is 23.2 Å². The zero-order valence-corrected chi connectivity index (χ0v) is 12.1. The molecule has 0 fully saturated rings. The highest BCUT2D eigenvalue weighted by Gasteiger charge is 2.17. The van der Waals surface area contributed by atoms with Crippen molar-refractivity contribution in [2.75, 3.05) is 18.6 Å². The maximum absolute atomic E-state index is 11.8. The lowest BCUT2D eigenvalue weighted by atomic mass is 10.3. The third-order valence-electron chi connectivity index (χ3n) is 2.52. The number of nitrogens with zero attached hydrogens (tertiary/aromatic N) is 1. The second kappa shape index (κ2) is 7.49. The molecule has 0 N–H and O–H groups in total. The van der Waals surface area contributed by atoms with Crippen molar-refractivity contribution in [1.82, 2.24) is 0 Å². The zero-order valence-electron chi connectivity index (χ0n) is 10.6. The Hall–Kier alpha value is -0.930. The highest BCUT2D eigenvalue weighted by molar-refractivity contribution is 6.39. The van der Waals surface area contributed by atoms with E-state index in [-0.39, 0.29) is 0 Å². The summed E-state index contributed by atoms with van der Waals surface area (Å²) in [6.07, 6.45) is 2.56. The first kappa shape index (κ1) is 15.1. The average Bonchev–Trinajstić information content (AvgIpc) is 2.34. The van der Waals surface area contributed by atoms with E-state index < -0.39 is 6.09 Å². The third kappa shape index (κ3) is 4.07.